The molecule has 1 aromatic rings. The smallest absolute Gasteiger partial charge is 0.339 e. The van der Waals surface area contributed by atoms with Crippen molar-refractivity contribution in [3.63, 3.8) is 0 Å². The van der Waals surface area contributed by atoms with E-state index in [1.807, 2.05) is 18.2 Å². The summed E-state index contributed by atoms with van der Waals surface area (Å²) in [5.41, 5.74) is 0.584. The summed E-state index contributed by atoms with van der Waals surface area (Å²) >= 11 is 1.45. The lowest BCUT2D eigenvalue weighted by Gasteiger charge is -2.20. The van der Waals surface area contributed by atoms with Crippen LogP contribution in [0.25, 0.3) is 0 Å². The molecule has 0 aliphatic heterocycles. The molecule has 88 valence electrons. The predicted molar refractivity (Wildman–Crippen MR) is 66.5 cm³/mol. The highest BCUT2D eigenvalue weighted by Crippen LogP contribution is 2.22. The maximum atomic E-state index is 11.5. The zero-order valence-corrected chi connectivity index (χ0v) is 10.9. The van der Waals surface area contributed by atoms with E-state index in [-0.39, 0.29) is 11.5 Å². The number of nitrogens with one attached hydrogen (secondary N) is 1. The predicted octanol–water partition coefficient (Wildman–Crippen LogP) is 2.87. The van der Waals surface area contributed by atoms with Gasteiger partial charge in [-0.05, 0) is 44.9 Å². The van der Waals surface area contributed by atoms with Crippen LogP contribution in [0.5, 0.6) is 0 Å². The van der Waals surface area contributed by atoms with Gasteiger partial charge in [-0.25, -0.2) is 4.79 Å². The number of benzene rings is 1. The highest BCUT2D eigenvalue weighted by molar-refractivity contribution is 7.97. The Kier molecular flexibility index (Phi) is 4.38. The Morgan fingerprint density at radius 1 is 1.31 bits per heavy atom. The van der Waals surface area contributed by atoms with E-state index in [1.165, 1.54) is 19.1 Å². The van der Waals surface area contributed by atoms with Gasteiger partial charge in [-0.3, -0.25) is 4.72 Å². The molecule has 1 N–H and O–H groups in total. The first-order chi connectivity index (χ1) is 7.44. The van der Waals surface area contributed by atoms with Gasteiger partial charge < -0.3 is 4.74 Å². The van der Waals surface area contributed by atoms with Crippen LogP contribution in [-0.2, 0) is 4.74 Å². The van der Waals surface area contributed by atoms with Crippen LogP contribution in [0.15, 0.2) is 29.2 Å². The number of carbonyl (C=O) groups excluding carboxylic acids is 1. The molecule has 0 spiro atoms. The van der Waals surface area contributed by atoms with Crippen LogP contribution in [0.2, 0.25) is 0 Å². The second-order valence-electron chi connectivity index (χ2n) is 4.44. The van der Waals surface area contributed by atoms with Gasteiger partial charge >= 0.3 is 5.97 Å². The van der Waals surface area contributed by atoms with Gasteiger partial charge in [0, 0.05) is 10.4 Å². The lowest BCUT2D eigenvalue weighted by molar-refractivity contribution is 0.0596. The number of methoxy groups -OCH3 is 1. The van der Waals surface area contributed by atoms with Crippen molar-refractivity contribution in [2.75, 3.05) is 7.11 Å². The number of ether oxygens (including phenoxy) is 1. The SMILES string of the molecule is COC(=O)c1ccccc1SNC(C)(C)C. The van der Waals surface area contributed by atoms with E-state index in [4.69, 9.17) is 4.74 Å². The van der Waals surface area contributed by atoms with Crippen molar-refractivity contribution in [1.82, 2.24) is 4.72 Å². The zero-order chi connectivity index (χ0) is 12.2. The van der Waals surface area contributed by atoms with Gasteiger partial charge in [0.05, 0.1) is 12.7 Å². The minimum Gasteiger partial charge on any atom is -0.465 e. The van der Waals surface area contributed by atoms with Gasteiger partial charge in [0.15, 0.2) is 0 Å². The summed E-state index contributed by atoms with van der Waals surface area (Å²) in [5, 5.41) is 0. The molecule has 1 rings (SSSR count). The number of rotatable bonds is 3. The van der Waals surface area contributed by atoms with Gasteiger partial charge in [0.25, 0.3) is 0 Å². The molecule has 16 heavy (non-hydrogen) atoms. The van der Waals surface area contributed by atoms with Gasteiger partial charge in [0.2, 0.25) is 0 Å². The van der Waals surface area contributed by atoms with Crippen molar-refractivity contribution < 1.29 is 9.53 Å². The first-order valence-corrected chi connectivity index (χ1v) is 5.87. The third-order valence-corrected chi connectivity index (χ3v) is 3.05. The topological polar surface area (TPSA) is 38.3 Å². The van der Waals surface area contributed by atoms with Crippen LogP contribution < -0.4 is 4.72 Å². The largest absolute Gasteiger partial charge is 0.465 e. The fraction of sp³-hybridized carbons (Fsp3) is 0.417. The second kappa shape index (κ2) is 5.37. The Bertz CT molecular complexity index is 372. The third-order valence-electron chi connectivity index (χ3n) is 1.76. The summed E-state index contributed by atoms with van der Waals surface area (Å²) in [4.78, 5) is 12.4. The molecule has 0 saturated heterocycles. The van der Waals surface area contributed by atoms with Crippen molar-refractivity contribution in [1.29, 1.82) is 0 Å². The molecule has 0 fully saturated rings. The summed E-state index contributed by atoms with van der Waals surface area (Å²) in [5.74, 6) is -0.307. The maximum absolute atomic E-state index is 11.5. The van der Waals surface area contributed by atoms with E-state index in [0.29, 0.717) is 5.56 Å². The average Bonchev–Trinajstić information content (AvgIpc) is 2.25. The Labute approximate surface area is 101 Å². The average molecular weight is 239 g/mol. The quantitative estimate of drug-likeness (QED) is 0.650. The molecule has 0 unspecified atom stereocenters. The van der Waals surface area contributed by atoms with E-state index in [1.54, 1.807) is 6.07 Å². The Morgan fingerprint density at radius 3 is 2.50 bits per heavy atom. The summed E-state index contributed by atoms with van der Waals surface area (Å²) < 4.78 is 8.00. The van der Waals surface area contributed by atoms with E-state index in [9.17, 15) is 4.79 Å². The molecule has 0 aliphatic rings. The van der Waals surface area contributed by atoms with E-state index < -0.39 is 0 Å². The molecular weight excluding hydrogens is 222 g/mol. The van der Waals surface area contributed by atoms with Crippen molar-refractivity contribution in [3.8, 4) is 0 Å². The molecule has 4 heteroatoms. The van der Waals surface area contributed by atoms with Crippen LogP contribution in [0.3, 0.4) is 0 Å². The molecular formula is C12H17NO2S. The summed E-state index contributed by atoms with van der Waals surface area (Å²) in [6.07, 6.45) is 0. The van der Waals surface area contributed by atoms with Crippen LogP contribution >= 0.6 is 11.9 Å². The number of carbonyl (C=O) groups is 1. The minimum atomic E-state index is -0.307. The zero-order valence-electron chi connectivity index (χ0n) is 10.0. The Morgan fingerprint density at radius 2 is 1.94 bits per heavy atom. The van der Waals surface area contributed by atoms with Crippen LogP contribution in [0.4, 0.5) is 0 Å². The molecule has 0 saturated carbocycles. The second-order valence-corrected chi connectivity index (χ2v) is 5.29. The first kappa shape index (κ1) is 13.1. The lowest BCUT2D eigenvalue weighted by Crippen LogP contribution is -2.30. The summed E-state index contributed by atoms with van der Waals surface area (Å²) in [6.45, 7) is 6.21. The molecule has 0 heterocycles. The van der Waals surface area contributed by atoms with E-state index in [2.05, 4.69) is 25.5 Å². The molecule has 0 aliphatic carbocycles. The summed E-state index contributed by atoms with van der Waals surface area (Å²) in [7, 11) is 1.39. The van der Waals surface area contributed by atoms with Crippen LogP contribution in [0, 0.1) is 0 Å². The van der Waals surface area contributed by atoms with Crippen molar-refractivity contribution in [3.05, 3.63) is 29.8 Å². The van der Waals surface area contributed by atoms with E-state index in [0.717, 1.165) is 4.90 Å². The molecule has 0 bridgehead atoms. The highest BCUT2D eigenvalue weighted by atomic mass is 32.2. The Balaban J connectivity index is 2.83. The number of hydrogen-bond acceptors (Lipinski definition) is 4. The fourth-order valence-corrected chi connectivity index (χ4v) is 1.87. The fourth-order valence-electron chi connectivity index (χ4n) is 1.04. The van der Waals surface area contributed by atoms with Crippen LogP contribution in [-0.4, -0.2) is 18.6 Å². The van der Waals surface area contributed by atoms with Gasteiger partial charge in [0.1, 0.15) is 0 Å². The molecule has 1 aromatic carbocycles. The molecule has 0 radical (unpaired) electrons. The van der Waals surface area contributed by atoms with Crippen molar-refractivity contribution >= 4 is 17.9 Å². The summed E-state index contributed by atoms with van der Waals surface area (Å²) in [6, 6.07) is 7.39. The Hall–Kier alpha value is -1.00. The highest BCUT2D eigenvalue weighted by Gasteiger charge is 2.14. The normalized spacial score (nSPS) is 11.2. The molecule has 0 atom stereocenters. The minimum absolute atomic E-state index is 0.00605. The van der Waals surface area contributed by atoms with Gasteiger partial charge in [-0.1, -0.05) is 12.1 Å². The first-order valence-electron chi connectivity index (χ1n) is 5.05. The van der Waals surface area contributed by atoms with Crippen molar-refractivity contribution in [2.24, 2.45) is 0 Å². The molecule has 3 nitrogen and oxygen atoms in total. The van der Waals surface area contributed by atoms with Crippen molar-refractivity contribution in [2.45, 2.75) is 31.2 Å². The third kappa shape index (κ3) is 3.87. The number of esters is 1. The van der Waals surface area contributed by atoms with Gasteiger partial charge in [-0.2, -0.15) is 0 Å². The molecule has 0 aromatic heterocycles. The standard InChI is InChI=1S/C12H17NO2S/c1-12(2,3)13-16-10-8-6-5-7-9(10)11(14)15-4/h5-8,13H,1-4H3. The van der Waals surface area contributed by atoms with E-state index >= 15 is 0 Å². The number of hydrogen-bond donors (Lipinski definition) is 1. The lowest BCUT2D eigenvalue weighted by atomic mass is 10.1. The monoisotopic (exact) mass is 239 g/mol. The molecule has 0 amide bonds. The maximum Gasteiger partial charge on any atom is 0.339 e. The van der Waals surface area contributed by atoms with Crippen LogP contribution in [0.1, 0.15) is 31.1 Å². The van der Waals surface area contributed by atoms with Gasteiger partial charge in [-0.15, -0.1) is 0 Å².